The molecule has 0 saturated carbocycles. The number of ether oxygens (including phenoxy) is 2. The molecule has 12 nitrogen and oxygen atoms in total. The number of aliphatic hydroxyl groups is 4. The first kappa shape index (κ1) is 54.2. The van der Waals surface area contributed by atoms with Crippen LogP contribution in [0.25, 0.3) is 12.2 Å². The molecule has 388 valence electrons. The number of benzene rings is 4. The maximum Gasteiger partial charge on any atom is 0.246 e. The van der Waals surface area contributed by atoms with Gasteiger partial charge in [-0.05, 0) is 172 Å². The van der Waals surface area contributed by atoms with Crippen LogP contribution in [-0.4, -0.2) is 155 Å². The van der Waals surface area contributed by atoms with E-state index in [1.165, 1.54) is 41.5 Å². The monoisotopic (exact) mass is 1000 g/mol. The Hall–Kier alpha value is -5.62. The second-order valence-corrected chi connectivity index (χ2v) is 19.6. The van der Waals surface area contributed by atoms with Crippen molar-refractivity contribution in [2.45, 2.75) is 86.6 Å². The first-order chi connectivity index (χ1) is 34.5. The van der Waals surface area contributed by atoms with Gasteiger partial charge in [0.15, 0.2) is 11.6 Å². The second kappa shape index (κ2) is 24.9. The van der Waals surface area contributed by atoms with Crippen LogP contribution in [0.2, 0.25) is 0 Å². The number of hydrogen-bond donors (Lipinski definition) is 4. The number of β-amino-alcohol motifs (C(OH)–C–C–N with tert-alkyl or cyclic N) is 2. The van der Waals surface area contributed by atoms with E-state index in [0.717, 1.165) is 93.7 Å². The van der Waals surface area contributed by atoms with Crippen LogP contribution in [-0.2, 0) is 9.59 Å². The van der Waals surface area contributed by atoms with E-state index in [1.807, 2.05) is 24.3 Å². The molecule has 4 fully saturated rings. The molecule has 0 aromatic heterocycles. The summed E-state index contributed by atoms with van der Waals surface area (Å²) in [4.78, 5) is 32.6. The fraction of sp³-hybridized carbons (Fsp3) is 0.464. The molecule has 4 aromatic rings. The molecule has 2 amide bonds. The number of nitrogens with zero attached hydrogens (tertiary/aromatic N) is 4. The molecule has 4 saturated heterocycles. The highest BCUT2D eigenvalue weighted by Gasteiger charge is 2.42. The van der Waals surface area contributed by atoms with E-state index < -0.39 is 46.7 Å². The van der Waals surface area contributed by atoms with Gasteiger partial charge in [0.2, 0.25) is 11.8 Å². The number of aliphatic hydroxyl groups excluding tert-OH is 2. The summed E-state index contributed by atoms with van der Waals surface area (Å²) in [7, 11) is 3.31. The molecule has 4 heterocycles. The van der Waals surface area contributed by atoms with E-state index in [0.29, 0.717) is 56.7 Å². The number of rotatable bonds is 14. The van der Waals surface area contributed by atoms with Crippen LogP contribution in [0.3, 0.4) is 0 Å². The fourth-order valence-corrected chi connectivity index (χ4v) is 10.2. The predicted octanol–water partition coefficient (Wildman–Crippen LogP) is 7.16. The lowest BCUT2D eigenvalue weighted by molar-refractivity contribution is -0.140. The van der Waals surface area contributed by atoms with Crippen molar-refractivity contribution in [3.05, 3.63) is 143 Å². The molecule has 0 bridgehead atoms. The summed E-state index contributed by atoms with van der Waals surface area (Å²) in [5, 5.41) is 43.9. The van der Waals surface area contributed by atoms with E-state index in [9.17, 15) is 47.6 Å². The number of halogens is 4. The van der Waals surface area contributed by atoms with Crippen LogP contribution in [0.15, 0.2) is 97.1 Å². The molecule has 4 aliphatic heterocycles. The highest BCUT2D eigenvalue weighted by molar-refractivity contribution is 5.92. The van der Waals surface area contributed by atoms with Crippen molar-refractivity contribution in [2.75, 3.05) is 79.7 Å². The lowest BCUT2D eigenvalue weighted by atomic mass is 9.84. The number of likely N-dealkylation sites (tertiary alicyclic amines) is 4. The third-order valence-corrected chi connectivity index (χ3v) is 15.0. The van der Waals surface area contributed by atoms with E-state index in [4.69, 9.17) is 9.47 Å². The normalized spacial score (nSPS) is 20.0. The van der Waals surface area contributed by atoms with Gasteiger partial charge in [-0.15, -0.1) is 0 Å². The van der Waals surface area contributed by atoms with Gasteiger partial charge < -0.3 is 49.5 Å². The quantitative estimate of drug-likeness (QED) is 0.0759. The minimum Gasteiger partial charge on any atom is -0.497 e. The lowest BCUT2D eigenvalue weighted by Gasteiger charge is -2.43. The summed E-state index contributed by atoms with van der Waals surface area (Å²) in [6, 6.07) is 22.9. The molecular formula is C56H68F4N4O8. The van der Waals surface area contributed by atoms with Crippen molar-refractivity contribution < 1.29 is 57.1 Å². The number of amides is 2. The largest absolute Gasteiger partial charge is 0.497 e. The van der Waals surface area contributed by atoms with Crippen molar-refractivity contribution in [3.63, 3.8) is 0 Å². The first-order valence-electron chi connectivity index (χ1n) is 24.9. The van der Waals surface area contributed by atoms with E-state index in [1.54, 1.807) is 24.0 Å². The summed E-state index contributed by atoms with van der Waals surface area (Å²) < 4.78 is 63.5. The Bertz CT molecular complexity index is 2440. The van der Waals surface area contributed by atoms with Gasteiger partial charge in [-0.2, -0.15) is 0 Å². The molecule has 0 spiro atoms. The zero-order valence-corrected chi connectivity index (χ0v) is 41.2. The molecule has 2 unspecified atom stereocenters. The van der Waals surface area contributed by atoms with Gasteiger partial charge in [0.1, 0.15) is 23.1 Å². The Morgan fingerprint density at radius 2 is 0.944 bits per heavy atom. The van der Waals surface area contributed by atoms with E-state index in [2.05, 4.69) is 34.1 Å². The molecule has 8 rings (SSSR count). The van der Waals surface area contributed by atoms with Gasteiger partial charge in [0.25, 0.3) is 0 Å². The summed E-state index contributed by atoms with van der Waals surface area (Å²) >= 11 is 0. The third kappa shape index (κ3) is 14.5. The van der Waals surface area contributed by atoms with Crippen molar-refractivity contribution in [3.8, 4) is 11.5 Å². The van der Waals surface area contributed by atoms with Crippen LogP contribution in [0.4, 0.5) is 17.6 Å². The summed E-state index contributed by atoms with van der Waals surface area (Å²) in [6.07, 6.45) is 8.66. The van der Waals surface area contributed by atoms with Crippen LogP contribution in [0, 0.1) is 23.3 Å². The molecular weight excluding hydrogens is 933 g/mol. The Morgan fingerprint density at radius 3 is 1.32 bits per heavy atom. The van der Waals surface area contributed by atoms with E-state index >= 15 is 0 Å². The maximum absolute atomic E-state index is 13.3. The fourth-order valence-electron chi connectivity index (χ4n) is 10.2. The van der Waals surface area contributed by atoms with Gasteiger partial charge >= 0.3 is 0 Å². The topological polar surface area (TPSA) is 146 Å². The van der Waals surface area contributed by atoms with E-state index in [-0.39, 0.29) is 43.1 Å². The van der Waals surface area contributed by atoms with Gasteiger partial charge in [-0.25, -0.2) is 17.6 Å². The van der Waals surface area contributed by atoms with Crippen LogP contribution in [0.1, 0.15) is 85.5 Å². The first-order valence-corrected chi connectivity index (χ1v) is 24.9. The number of methoxy groups -OCH3 is 2. The van der Waals surface area contributed by atoms with Crippen LogP contribution < -0.4 is 9.47 Å². The third-order valence-electron chi connectivity index (χ3n) is 15.0. The molecule has 72 heavy (non-hydrogen) atoms. The van der Waals surface area contributed by atoms with Crippen LogP contribution in [0.5, 0.6) is 11.5 Å². The van der Waals surface area contributed by atoms with Gasteiger partial charge in [-0.3, -0.25) is 9.59 Å². The summed E-state index contributed by atoms with van der Waals surface area (Å²) in [5.41, 5.74) is 0.753. The highest BCUT2D eigenvalue weighted by Crippen LogP contribution is 2.34. The molecule has 16 heteroatoms. The molecule has 4 aliphatic rings. The number of carbonyl (C=O) groups excluding carboxylic acids is 2. The van der Waals surface area contributed by atoms with Crippen molar-refractivity contribution in [1.29, 1.82) is 0 Å². The Labute approximate surface area is 419 Å². The molecule has 0 aliphatic carbocycles. The lowest BCUT2D eigenvalue weighted by Crippen LogP contribution is -2.56. The predicted molar refractivity (Wildman–Crippen MR) is 267 cm³/mol. The highest BCUT2D eigenvalue weighted by atomic mass is 19.2. The van der Waals surface area contributed by atoms with Gasteiger partial charge in [0, 0.05) is 57.5 Å². The Morgan fingerprint density at radius 1 is 0.556 bits per heavy atom. The molecule has 4 N–H and O–H groups in total. The SMILES string of the molecule is COc1ccc(C2CCN(CC(O)C3(O)CCN(C(=O)/C=C/c4cc(F)cc(F)c4)CC3)CC2)cc1.COc1ccc(C2CCN(CC(O)C3(O)CCN(C(=O)/C=C/c4ccc(F)c(F)c4)CC3)CC2)cc1. The number of carbonyl (C=O) groups is 2. The van der Waals surface area contributed by atoms with Crippen molar-refractivity contribution in [1.82, 2.24) is 19.6 Å². The average Bonchev–Trinajstić information content (AvgIpc) is 3.39. The molecule has 0 radical (unpaired) electrons. The minimum absolute atomic E-state index is 0.264. The zero-order chi connectivity index (χ0) is 51.4. The molecule has 2 atom stereocenters. The Kier molecular flexibility index (Phi) is 18.7. The van der Waals surface area contributed by atoms with Crippen molar-refractivity contribution >= 4 is 24.0 Å². The average molecular weight is 1000 g/mol. The number of piperidine rings is 4. The smallest absolute Gasteiger partial charge is 0.246 e. The van der Waals surface area contributed by atoms with Crippen molar-refractivity contribution in [2.24, 2.45) is 0 Å². The van der Waals surface area contributed by atoms with Crippen LogP contribution >= 0.6 is 0 Å². The zero-order valence-electron chi connectivity index (χ0n) is 41.2. The maximum atomic E-state index is 13.3. The Balaban J connectivity index is 0.000000211. The van der Waals surface area contributed by atoms with Gasteiger partial charge in [0.05, 0.1) is 37.6 Å². The minimum atomic E-state index is -1.25. The second-order valence-electron chi connectivity index (χ2n) is 19.6. The van der Waals surface area contributed by atoms with Gasteiger partial charge in [-0.1, -0.05) is 30.3 Å². The molecule has 4 aromatic carbocycles. The summed E-state index contributed by atoms with van der Waals surface area (Å²) in [6.45, 7) is 5.41. The summed E-state index contributed by atoms with van der Waals surface area (Å²) in [5.74, 6) is -1.24. The standard InChI is InChI=1S/2C28H34F2N2O4/c1-36-23-6-4-21(5-7-23)22-10-14-31(15-11-22)19-26(33)28(35)12-16-32(17-13-28)27(34)9-3-20-2-8-24(29)25(30)18-20;1-36-25-5-3-21(4-6-25)22-8-12-31(13-9-22)19-26(33)28(35)10-14-32(15-11-28)27(34)7-2-20-16-23(29)18-24(30)17-20/h2-9,18,22,26,33,35H,10-17,19H2,1H3;2-7,16-18,22,26,33,35H,8-15,19H2,1H3/b9-3+;7-2+. The number of hydrogen-bond acceptors (Lipinski definition) is 10.